The van der Waals surface area contributed by atoms with E-state index in [1.807, 2.05) is 0 Å². The predicted octanol–water partition coefficient (Wildman–Crippen LogP) is 2.39. The molecule has 0 rings (SSSR count). The van der Waals surface area contributed by atoms with Crippen molar-refractivity contribution in [3.05, 3.63) is 4.91 Å². The fraction of sp³-hybridized carbons (Fsp3) is 1.00. The first-order chi connectivity index (χ1) is 5.10. The van der Waals surface area contributed by atoms with Gasteiger partial charge in [0.05, 0.1) is 0 Å². The summed E-state index contributed by atoms with van der Waals surface area (Å²) >= 11 is 0. The minimum absolute atomic E-state index is 0. The van der Waals surface area contributed by atoms with Gasteiger partial charge in [0, 0.05) is 0 Å². The van der Waals surface area contributed by atoms with E-state index < -0.39 is 11.2 Å². The Bertz CT molecular complexity index is 149. The van der Waals surface area contributed by atoms with E-state index in [2.05, 4.69) is 0 Å². The maximum absolute atomic E-state index is 10.9. The van der Waals surface area contributed by atoms with Crippen molar-refractivity contribution < 1.29 is 14.8 Å². The topological polar surface area (TPSA) is 73.5 Å². The molecule has 5 heteroatoms. The third kappa shape index (κ3) is 11.2. The van der Waals surface area contributed by atoms with Crippen LogP contribution in [0.3, 0.4) is 0 Å². The van der Waals surface area contributed by atoms with Gasteiger partial charge in [-0.2, -0.15) is 9.68 Å². The Hall–Kier alpha value is -0.840. The molecular formula is C8H21N2O3+. The van der Waals surface area contributed by atoms with Gasteiger partial charge in [-0.15, -0.1) is 0 Å². The van der Waals surface area contributed by atoms with Gasteiger partial charge in [0.1, 0.15) is 4.91 Å². The van der Waals surface area contributed by atoms with Gasteiger partial charge >= 0.3 is 5.09 Å². The molecule has 0 aromatic carbocycles. The summed E-state index contributed by atoms with van der Waals surface area (Å²) in [6.07, 6.45) is 0. The second-order valence-corrected chi connectivity index (χ2v) is 4.63. The predicted molar refractivity (Wildman–Crippen MR) is 50.3 cm³/mol. The van der Waals surface area contributed by atoms with Crippen LogP contribution in [0.5, 0.6) is 0 Å². The molecule has 0 unspecified atom stereocenters. The van der Waals surface area contributed by atoms with Crippen LogP contribution in [0.4, 0.5) is 0 Å². The van der Waals surface area contributed by atoms with Crippen LogP contribution in [0.15, 0.2) is 0 Å². The first-order valence-electron chi connectivity index (χ1n) is 3.96. The molecule has 0 aromatic heterocycles. The van der Waals surface area contributed by atoms with Crippen LogP contribution in [-0.2, 0) is 9.68 Å². The van der Waals surface area contributed by atoms with Crippen LogP contribution < -0.4 is 6.15 Å². The maximum atomic E-state index is 10.9. The molecule has 0 radical (unpaired) electrons. The van der Waals surface area contributed by atoms with Crippen LogP contribution in [0.25, 0.3) is 0 Å². The van der Waals surface area contributed by atoms with Crippen molar-refractivity contribution in [3.63, 3.8) is 0 Å². The molecule has 0 amide bonds. The summed E-state index contributed by atoms with van der Waals surface area (Å²) in [6.45, 7) is 10.7. The molecule has 0 aliphatic carbocycles. The van der Waals surface area contributed by atoms with Crippen LogP contribution in [-0.4, -0.2) is 16.3 Å². The molecule has 0 aliphatic heterocycles. The number of nitrogens with zero attached hydrogens (tertiary/aromatic N) is 1. The molecule has 3 N–H and O–H groups in total. The molecule has 0 aromatic rings. The molecule has 80 valence electrons. The van der Waals surface area contributed by atoms with Crippen molar-refractivity contribution in [3.8, 4) is 0 Å². The molecule has 0 atom stereocenters. The van der Waals surface area contributed by atoms with Crippen LogP contribution >= 0.6 is 0 Å². The fourth-order valence-electron chi connectivity index (χ4n) is 0.466. The number of hydrogen-bond donors (Lipinski definition) is 1. The lowest BCUT2D eigenvalue weighted by Gasteiger charge is -2.13. The highest BCUT2D eigenvalue weighted by atomic mass is 17.0. The average molecular weight is 193 g/mol. The summed E-state index contributed by atoms with van der Waals surface area (Å²) in [5, 5.41) is 0.167. The van der Waals surface area contributed by atoms with Crippen molar-refractivity contribution in [1.82, 2.24) is 6.15 Å². The van der Waals surface area contributed by atoms with E-state index >= 15 is 0 Å². The van der Waals surface area contributed by atoms with Crippen molar-refractivity contribution in [1.29, 1.82) is 0 Å². The van der Waals surface area contributed by atoms with Gasteiger partial charge < -0.3 is 6.15 Å². The minimum atomic E-state index is -0.521. The quantitative estimate of drug-likeness (QED) is 0.683. The normalized spacial score (nSPS) is 11.5. The Balaban J connectivity index is 0. The highest BCUT2D eigenvalue weighted by molar-refractivity contribution is 4.55. The van der Waals surface area contributed by atoms with Gasteiger partial charge in [-0.05, 0) is 41.5 Å². The molecule has 13 heavy (non-hydrogen) atoms. The van der Waals surface area contributed by atoms with E-state index in [1.165, 1.54) is 0 Å². The van der Waals surface area contributed by atoms with Crippen LogP contribution in [0, 0.1) is 4.91 Å². The summed E-state index contributed by atoms with van der Waals surface area (Å²) in [4.78, 5) is 20.7. The zero-order valence-corrected chi connectivity index (χ0v) is 9.38. The highest BCUT2D eigenvalue weighted by Gasteiger charge is 2.30. The summed E-state index contributed by atoms with van der Waals surface area (Å²) < 4.78 is 0. The SMILES string of the molecule is CC(C)(C)O[N+](=O)OC(C)(C)C.N. The molecule has 0 saturated carbocycles. The van der Waals surface area contributed by atoms with Crippen LogP contribution in [0.1, 0.15) is 41.5 Å². The van der Waals surface area contributed by atoms with E-state index in [0.717, 1.165) is 0 Å². The van der Waals surface area contributed by atoms with Gasteiger partial charge in [-0.3, -0.25) is 0 Å². The Kier molecular flexibility index (Phi) is 4.98. The van der Waals surface area contributed by atoms with E-state index in [0.29, 0.717) is 0 Å². The van der Waals surface area contributed by atoms with Crippen molar-refractivity contribution in [2.75, 3.05) is 0 Å². The number of rotatable bonds is 2. The lowest BCUT2D eigenvalue weighted by Crippen LogP contribution is -2.32. The Labute approximate surface area is 79.5 Å². The van der Waals surface area contributed by atoms with Crippen molar-refractivity contribution in [2.24, 2.45) is 0 Å². The van der Waals surface area contributed by atoms with E-state index in [-0.39, 0.29) is 11.2 Å². The second-order valence-electron chi connectivity index (χ2n) is 4.63. The minimum Gasteiger partial charge on any atom is -0.344 e. The summed E-state index contributed by atoms with van der Waals surface area (Å²) in [5.74, 6) is 0. The zero-order valence-electron chi connectivity index (χ0n) is 9.38. The van der Waals surface area contributed by atoms with Crippen molar-refractivity contribution in [2.45, 2.75) is 52.7 Å². The molecule has 0 aliphatic rings. The van der Waals surface area contributed by atoms with Crippen LogP contribution in [0.2, 0.25) is 0 Å². The van der Waals surface area contributed by atoms with E-state index in [4.69, 9.17) is 9.68 Å². The third-order valence-corrected chi connectivity index (χ3v) is 0.697. The molecule has 0 bridgehead atoms. The molecule has 0 spiro atoms. The standard InChI is InChI=1S/C8H18NO3.H3N/c1-7(2,3)11-9(10)12-8(4,5)6;/h1-6H3;1H3/q+1;. The average Bonchev–Trinajstić information content (AvgIpc) is 1.49. The Morgan fingerprint density at radius 3 is 1.23 bits per heavy atom. The molecular weight excluding hydrogens is 172 g/mol. The monoisotopic (exact) mass is 193 g/mol. The highest BCUT2D eigenvalue weighted by Crippen LogP contribution is 2.12. The first-order valence-corrected chi connectivity index (χ1v) is 3.96. The molecule has 0 fully saturated rings. The molecule has 0 saturated heterocycles. The molecule has 5 nitrogen and oxygen atoms in total. The van der Waals surface area contributed by atoms with Gasteiger partial charge in [0.2, 0.25) is 0 Å². The summed E-state index contributed by atoms with van der Waals surface area (Å²) in [5.41, 5.74) is -1.04. The Morgan fingerprint density at radius 1 is 0.846 bits per heavy atom. The van der Waals surface area contributed by atoms with E-state index in [9.17, 15) is 4.91 Å². The smallest absolute Gasteiger partial charge is 0.344 e. The van der Waals surface area contributed by atoms with Gasteiger partial charge in [0.25, 0.3) is 0 Å². The third-order valence-electron chi connectivity index (χ3n) is 0.697. The second kappa shape index (κ2) is 4.41. The fourth-order valence-corrected chi connectivity index (χ4v) is 0.466. The maximum Gasteiger partial charge on any atom is 0.478 e. The van der Waals surface area contributed by atoms with E-state index in [1.54, 1.807) is 41.5 Å². The summed E-state index contributed by atoms with van der Waals surface area (Å²) in [7, 11) is 0. The number of hydrogen-bond acceptors (Lipinski definition) is 4. The zero-order chi connectivity index (χ0) is 9.99. The lowest BCUT2D eigenvalue weighted by molar-refractivity contribution is -1.00. The lowest BCUT2D eigenvalue weighted by atomic mass is 10.2. The molecule has 0 heterocycles. The van der Waals surface area contributed by atoms with Gasteiger partial charge in [0.15, 0.2) is 11.2 Å². The first kappa shape index (κ1) is 14.7. The van der Waals surface area contributed by atoms with Gasteiger partial charge in [-0.25, -0.2) is 0 Å². The summed E-state index contributed by atoms with van der Waals surface area (Å²) in [6, 6.07) is 0. The Morgan fingerprint density at radius 2 is 1.08 bits per heavy atom. The largest absolute Gasteiger partial charge is 0.478 e. The van der Waals surface area contributed by atoms with Crippen molar-refractivity contribution >= 4 is 0 Å². The van der Waals surface area contributed by atoms with Gasteiger partial charge in [-0.1, -0.05) is 0 Å².